The molecule has 1 amide bonds. The number of non-ortho nitro benzene ring substituents is 1. The molecule has 0 spiro atoms. The number of anilines is 1. The maximum Gasteiger partial charge on any atom is 0.277 e. The second kappa shape index (κ2) is 12.0. The van der Waals surface area contributed by atoms with Crippen molar-refractivity contribution in [3.05, 3.63) is 62.1 Å². The van der Waals surface area contributed by atoms with Gasteiger partial charge < -0.3 is 9.64 Å². The van der Waals surface area contributed by atoms with E-state index in [0.717, 1.165) is 41.7 Å². The van der Waals surface area contributed by atoms with E-state index < -0.39 is 10.8 Å². The number of benzene rings is 2. The van der Waals surface area contributed by atoms with Crippen LogP contribution in [0.1, 0.15) is 37.8 Å². The van der Waals surface area contributed by atoms with Crippen molar-refractivity contribution < 1.29 is 14.5 Å². The lowest BCUT2D eigenvalue weighted by Crippen LogP contribution is -2.26. The van der Waals surface area contributed by atoms with Crippen molar-refractivity contribution in [2.75, 3.05) is 24.6 Å². The predicted molar refractivity (Wildman–Crippen MR) is 126 cm³/mol. The van der Waals surface area contributed by atoms with Crippen LogP contribution in [0.3, 0.4) is 0 Å². The molecule has 2 rings (SSSR count). The van der Waals surface area contributed by atoms with Gasteiger partial charge in [0.15, 0.2) is 6.61 Å². The standard InChI is InChI=1S/C22H27BrN4O4/c1-4-6-11-26(5-2)20-9-8-18(27(29)30)13-17(20)14-24-25-22(28)15-31-21-10-7-16(3)12-19(21)23/h7-10,12-14H,4-6,11,15H2,1-3H3,(H,25,28)/b24-14+. The van der Waals surface area contributed by atoms with Crippen LogP contribution in [0.15, 0.2) is 46.0 Å². The first-order chi connectivity index (χ1) is 14.8. The van der Waals surface area contributed by atoms with E-state index in [9.17, 15) is 14.9 Å². The van der Waals surface area contributed by atoms with Gasteiger partial charge in [-0.3, -0.25) is 14.9 Å². The Morgan fingerprint density at radius 1 is 1.29 bits per heavy atom. The topological polar surface area (TPSA) is 97.1 Å². The second-order valence-corrected chi connectivity index (χ2v) is 7.80. The summed E-state index contributed by atoms with van der Waals surface area (Å²) in [7, 11) is 0. The van der Waals surface area contributed by atoms with Crippen molar-refractivity contribution in [2.45, 2.75) is 33.6 Å². The number of nitrogens with zero attached hydrogens (tertiary/aromatic N) is 3. The molecule has 0 aliphatic rings. The van der Waals surface area contributed by atoms with Crippen LogP contribution in [-0.4, -0.2) is 36.7 Å². The first kappa shape index (κ1) is 24.3. The average molecular weight is 491 g/mol. The number of hydrogen-bond donors (Lipinski definition) is 1. The number of nitro benzene ring substituents is 1. The average Bonchev–Trinajstić information content (AvgIpc) is 2.74. The molecule has 0 heterocycles. The molecule has 0 bridgehead atoms. The molecular formula is C22H27BrN4O4. The number of nitrogens with one attached hydrogen (secondary N) is 1. The Morgan fingerprint density at radius 3 is 2.71 bits per heavy atom. The molecule has 0 aromatic heterocycles. The number of carbonyl (C=O) groups is 1. The van der Waals surface area contributed by atoms with Crippen molar-refractivity contribution in [1.29, 1.82) is 0 Å². The van der Waals surface area contributed by atoms with Crippen molar-refractivity contribution in [1.82, 2.24) is 5.43 Å². The van der Waals surface area contributed by atoms with Gasteiger partial charge in [-0.2, -0.15) is 5.10 Å². The zero-order chi connectivity index (χ0) is 22.8. The Hall–Kier alpha value is -2.94. The molecule has 2 aromatic rings. The Morgan fingerprint density at radius 2 is 2.06 bits per heavy atom. The lowest BCUT2D eigenvalue weighted by Gasteiger charge is -2.24. The first-order valence-corrected chi connectivity index (χ1v) is 10.9. The van der Waals surface area contributed by atoms with Gasteiger partial charge in [0.25, 0.3) is 11.6 Å². The maximum atomic E-state index is 12.1. The summed E-state index contributed by atoms with van der Waals surface area (Å²) in [6.45, 7) is 7.47. The van der Waals surface area contributed by atoms with E-state index >= 15 is 0 Å². The minimum atomic E-state index is -0.449. The number of carbonyl (C=O) groups excluding carboxylic acids is 1. The summed E-state index contributed by atoms with van der Waals surface area (Å²) < 4.78 is 6.26. The van der Waals surface area contributed by atoms with E-state index in [-0.39, 0.29) is 12.3 Å². The molecule has 9 heteroatoms. The van der Waals surface area contributed by atoms with Gasteiger partial charge in [-0.05, 0) is 60.0 Å². The lowest BCUT2D eigenvalue weighted by atomic mass is 10.1. The highest BCUT2D eigenvalue weighted by Crippen LogP contribution is 2.26. The van der Waals surface area contributed by atoms with Crippen LogP contribution in [0.25, 0.3) is 0 Å². The summed E-state index contributed by atoms with van der Waals surface area (Å²) in [6.07, 6.45) is 3.47. The van der Waals surface area contributed by atoms with Gasteiger partial charge in [-0.1, -0.05) is 19.4 Å². The van der Waals surface area contributed by atoms with Gasteiger partial charge in [0.2, 0.25) is 0 Å². The number of rotatable bonds is 11. The molecule has 0 saturated heterocycles. The summed E-state index contributed by atoms with van der Waals surface area (Å²) in [5.41, 5.74) is 4.85. The Balaban J connectivity index is 2.09. The van der Waals surface area contributed by atoms with Crippen LogP contribution in [-0.2, 0) is 4.79 Å². The fraction of sp³-hybridized carbons (Fsp3) is 0.364. The van der Waals surface area contributed by atoms with E-state index in [1.165, 1.54) is 18.3 Å². The van der Waals surface area contributed by atoms with Crippen LogP contribution >= 0.6 is 15.9 Å². The van der Waals surface area contributed by atoms with Crippen molar-refractivity contribution in [3.63, 3.8) is 0 Å². The predicted octanol–water partition coefficient (Wildman–Crippen LogP) is 4.82. The van der Waals surface area contributed by atoms with Gasteiger partial charge >= 0.3 is 0 Å². The van der Waals surface area contributed by atoms with Gasteiger partial charge in [0.1, 0.15) is 5.75 Å². The van der Waals surface area contributed by atoms with Crippen LogP contribution < -0.4 is 15.1 Å². The fourth-order valence-electron chi connectivity index (χ4n) is 2.92. The molecular weight excluding hydrogens is 464 g/mol. The normalized spacial score (nSPS) is 10.8. The molecule has 166 valence electrons. The largest absolute Gasteiger partial charge is 0.483 e. The molecule has 0 radical (unpaired) electrons. The number of hydrazone groups is 1. The third-order valence-electron chi connectivity index (χ3n) is 4.56. The highest BCUT2D eigenvalue weighted by molar-refractivity contribution is 9.10. The maximum absolute atomic E-state index is 12.1. The lowest BCUT2D eigenvalue weighted by molar-refractivity contribution is -0.384. The van der Waals surface area contributed by atoms with Gasteiger partial charge in [0, 0.05) is 36.5 Å². The number of nitro groups is 1. The molecule has 31 heavy (non-hydrogen) atoms. The Bertz CT molecular complexity index is 949. The van der Waals surface area contributed by atoms with E-state index in [1.54, 1.807) is 12.1 Å². The number of hydrogen-bond acceptors (Lipinski definition) is 6. The number of amides is 1. The van der Waals surface area contributed by atoms with Crippen molar-refractivity contribution in [2.24, 2.45) is 5.10 Å². The molecule has 0 aliphatic heterocycles. The quantitative estimate of drug-likeness (QED) is 0.276. The molecule has 8 nitrogen and oxygen atoms in total. The number of aryl methyl sites for hydroxylation is 1. The molecule has 1 N–H and O–H groups in total. The van der Waals surface area contributed by atoms with Gasteiger partial charge in [-0.25, -0.2) is 5.43 Å². The summed E-state index contributed by atoms with van der Waals surface area (Å²) in [4.78, 5) is 25.0. The van der Waals surface area contributed by atoms with Crippen molar-refractivity contribution >= 4 is 39.4 Å². The third-order valence-corrected chi connectivity index (χ3v) is 5.18. The fourth-order valence-corrected chi connectivity index (χ4v) is 3.52. The highest BCUT2D eigenvalue weighted by atomic mass is 79.9. The zero-order valence-corrected chi connectivity index (χ0v) is 19.5. The SMILES string of the molecule is CCCCN(CC)c1ccc([N+](=O)[O-])cc1/C=N/NC(=O)COc1ccc(C)cc1Br. The molecule has 0 saturated carbocycles. The Labute approximate surface area is 190 Å². The molecule has 2 aromatic carbocycles. The van der Waals surface area contributed by atoms with E-state index in [4.69, 9.17) is 4.74 Å². The minimum absolute atomic E-state index is 0.0318. The van der Waals surface area contributed by atoms with Gasteiger partial charge in [-0.15, -0.1) is 0 Å². The highest BCUT2D eigenvalue weighted by Gasteiger charge is 2.14. The summed E-state index contributed by atoms with van der Waals surface area (Å²) >= 11 is 3.40. The Kier molecular flexibility index (Phi) is 9.45. The van der Waals surface area contributed by atoms with Gasteiger partial charge in [0.05, 0.1) is 15.6 Å². The van der Waals surface area contributed by atoms with Crippen LogP contribution in [0.4, 0.5) is 11.4 Å². The molecule has 0 fully saturated rings. The van der Waals surface area contributed by atoms with Crippen molar-refractivity contribution in [3.8, 4) is 5.75 Å². The number of halogens is 1. The van der Waals surface area contributed by atoms with E-state index in [0.29, 0.717) is 11.3 Å². The summed E-state index contributed by atoms with van der Waals surface area (Å²) in [5.74, 6) is 0.120. The summed E-state index contributed by atoms with van der Waals surface area (Å²) in [6, 6.07) is 10.2. The van der Waals surface area contributed by atoms with Crippen LogP contribution in [0, 0.1) is 17.0 Å². The smallest absolute Gasteiger partial charge is 0.277 e. The molecule has 0 aliphatic carbocycles. The van der Waals surface area contributed by atoms with E-state index in [1.807, 2.05) is 26.0 Å². The molecule has 0 unspecified atom stereocenters. The third kappa shape index (κ3) is 7.36. The van der Waals surface area contributed by atoms with Crippen LogP contribution in [0.2, 0.25) is 0 Å². The first-order valence-electron chi connectivity index (χ1n) is 10.1. The van der Waals surface area contributed by atoms with Crippen LogP contribution in [0.5, 0.6) is 5.75 Å². The van der Waals surface area contributed by atoms with E-state index in [2.05, 4.69) is 38.3 Å². The zero-order valence-electron chi connectivity index (χ0n) is 17.9. The minimum Gasteiger partial charge on any atom is -0.483 e. The summed E-state index contributed by atoms with van der Waals surface area (Å²) in [5, 5.41) is 15.2. The number of ether oxygens (including phenoxy) is 1. The number of unbranched alkanes of at least 4 members (excludes halogenated alkanes) is 1. The molecule has 0 atom stereocenters. The second-order valence-electron chi connectivity index (χ2n) is 6.95. The monoisotopic (exact) mass is 490 g/mol.